The second kappa shape index (κ2) is 9.24. The maximum absolute atomic E-state index is 14.6. The zero-order valence-corrected chi connectivity index (χ0v) is 17.7. The van der Waals surface area contributed by atoms with E-state index in [2.05, 4.69) is 25.7 Å². The van der Waals surface area contributed by atoms with Crippen LogP contribution in [0.1, 0.15) is 35.8 Å². The minimum atomic E-state index is -4.92. The number of amides is 1. The molecular weight excluding hydrogens is 485 g/mol. The van der Waals surface area contributed by atoms with Gasteiger partial charge in [0.05, 0.1) is 36.5 Å². The molecule has 1 fully saturated rings. The predicted octanol–water partition coefficient (Wildman–Crippen LogP) is 4.20. The Bertz CT molecular complexity index is 1230. The van der Waals surface area contributed by atoms with E-state index in [0.717, 1.165) is 35.4 Å². The van der Waals surface area contributed by atoms with Gasteiger partial charge in [0.25, 0.3) is 5.92 Å². The molecule has 1 aromatic carbocycles. The summed E-state index contributed by atoms with van der Waals surface area (Å²) in [4.78, 5) is 20.1. The molecule has 7 nitrogen and oxygen atoms in total. The van der Waals surface area contributed by atoms with Gasteiger partial charge in [0.2, 0.25) is 5.91 Å². The van der Waals surface area contributed by atoms with Gasteiger partial charge in [-0.15, -0.1) is 5.10 Å². The Morgan fingerprint density at radius 3 is 2.66 bits per heavy atom. The van der Waals surface area contributed by atoms with Crippen molar-refractivity contribution in [2.24, 2.45) is 0 Å². The molecule has 0 bridgehead atoms. The van der Waals surface area contributed by atoms with Crippen molar-refractivity contribution in [3.05, 3.63) is 65.4 Å². The van der Waals surface area contributed by atoms with Gasteiger partial charge in [0, 0.05) is 12.5 Å². The lowest BCUT2D eigenvalue weighted by molar-refractivity contribution is -0.140. The van der Waals surface area contributed by atoms with Gasteiger partial charge in [0.1, 0.15) is 12.1 Å². The summed E-state index contributed by atoms with van der Waals surface area (Å²) in [5, 5.41) is 8.95. The Morgan fingerprint density at radius 1 is 1.23 bits per heavy atom. The van der Waals surface area contributed by atoms with E-state index < -0.39 is 59.8 Å². The Morgan fingerprint density at radius 2 is 2.00 bits per heavy atom. The van der Waals surface area contributed by atoms with Crippen molar-refractivity contribution in [3.63, 3.8) is 0 Å². The number of pyridine rings is 1. The zero-order valence-electron chi connectivity index (χ0n) is 17.7. The van der Waals surface area contributed by atoms with Crippen LogP contribution in [0.25, 0.3) is 5.82 Å². The molecule has 3 heterocycles. The van der Waals surface area contributed by atoms with Gasteiger partial charge in [-0.3, -0.25) is 4.79 Å². The summed E-state index contributed by atoms with van der Waals surface area (Å²) < 4.78 is 94.8. The van der Waals surface area contributed by atoms with Crippen LogP contribution in [0.5, 0.6) is 0 Å². The second-order valence-corrected chi connectivity index (χ2v) is 7.91. The number of halogens is 7. The first-order valence-corrected chi connectivity index (χ1v) is 10.3. The predicted molar refractivity (Wildman–Crippen MR) is 108 cm³/mol. The molecule has 0 spiro atoms. The van der Waals surface area contributed by atoms with E-state index in [1.807, 2.05) is 0 Å². The van der Waals surface area contributed by atoms with E-state index in [0.29, 0.717) is 6.07 Å². The van der Waals surface area contributed by atoms with Gasteiger partial charge >= 0.3 is 6.18 Å². The average molecular weight is 502 g/mol. The van der Waals surface area contributed by atoms with Crippen molar-refractivity contribution >= 4 is 11.6 Å². The van der Waals surface area contributed by atoms with E-state index in [1.165, 1.54) is 0 Å². The molecule has 2 aromatic heterocycles. The van der Waals surface area contributed by atoms with Gasteiger partial charge in [-0.2, -0.15) is 17.9 Å². The highest BCUT2D eigenvalue weighted by Gasteiger charge is 2.37. The van der Waals surface area contributed by atoms with E-state index >= 15 is 0 Å². The van der Waals surface area contributed by atoms with Crippen LogP contribution in [0.15, 0.2) is 36.8 Å². The lowest BCUT2D eigenvalue weighted by atomic mass is 10.0. The molecule has 35 heavy (non-hydrogen) atoms. The molecule has 0 aliphatic carbocycles. The van der Waals surface area contributed by atoms with Crippen LogP contribution in [-0.2, 0) is 17.4 Å². The highest BCUT2D eigenvalue weighted by atomic mass is 19.4. The quantitative estimate of drug-likeness (QED) is 0.511. The Balaban J connectivity index is 1.43. The number of aromatic nitrogens is 4. The zero-order chi connectivity index (χ0) is 25.4. The van der Waals surface area contributed by atoms with Crippen molar-refractivity contribution in [1.29, 1.82) is 0 Å². The number of carbonyl (C=O) groups excluding carboxylic acids is 1. The standard InChI is InChI=1S/C21H17F7N6O/c22-14-7-12(32-16(35)6-11-2-1-3-13(17(11)23)21(26,27)28)8-29-19(14)34-10-31-18(33-34)15-4-5-20(24,25)9-30-15/h1-3,7-8,10,15,30H,4-6,9H2,(H,32,35)/t15-/m0/s1. The van der Waals surface area contributed by atoms with Crippen LogP contribution in [0.4, 0.5) is 36.4 Å². The molecule has 186 valence electrons. The number of piperidine rings is 1. The third-order valence-electron chi connectivity index (χ3n) is 5.28. The minimum absolute atomic E-state index is 0.0877. The second-order valence-electron chi connectivity index (χ2n) is 7.91. The van der Waals surface area contributed by atoms with Gasteiger partial charge in [-0.1, -0.05) is 12.1 Å². The Hall–Kier alpha value is -3.55. The number of hydrogen-bond acceptors (Lipinski definition) is 5. The highest BCUT2D eigenvalue weighted by Crippen LogP contribution is 2.33. The minimum Gasteiger partial charge on any atom is -0.324 e. The molecule has 0 radical (unpaired) electrons. The normalized spacial score (nSPS) is 17.9. The van der Waals surface area contributed by atoms with E-state index in [1.54, 1.807) is 0 Å². The number of nitrogens with zero attached hydrogens (tertiary/aromatic N) is 4. The van der Waals surface area contributed by atoms with Crippen LogP contribution < -0.4 is 10.6 Å². The van der Waals surface area contributed by atoms with Gasteiger partial charge < -0.3 is 10.6 Å². The lowest BCUT2D eigenvalue weighted by Gasteiger charge is -2.27. The fraction of sp³-hybridized carbons (Fsp3) is 0.333. The maximum Gasteiger partial charge on any atom is 0.419 e. The summed E-state index contributed by atoms with van der Waals surface area (Å²) in [6, 6.07) is 2.93. The number of anilines is 1. The van der Waals surface area contributed by atoms with Crippen molar-refractivity contribution in [1.82, 2.24) is 25.1 Å². The smallest absolute Gasteiger partial charge is 0.324 e. The Labute approximate surface area is 193 Å². The molecule has 4 rings (SSSR count). The van der Waals surface area contributed by atoms with Crippen LogP contribution >= 0.6 is 0 Å². The molecule has 1 amide bonds. The summed E-state index contributed by atoms with van der Waals surface area (Å²) in [6.07, 6.45) is -3.67. The monoisotopic (exact) mass is 502 g/mol. The van der Waals surface area contributed by atoms with Crippen LogP contribution in [-0.4, -0.2) is 38.1 Å². The summed E-state index contributed by atoms with van der Waals surface area (Å²) in [5.41, 5.74) is -2.10. The first-order valence-electron chi connectivity index (χ1n) is 10.3. The summed E-state index contributed by atoms with van der Waals surface area (Å²) in [7, 11) is 0. The molecule has 0 saturated carbocycles. The number of benzene rings is 1. The molecule has 0 unspecified atom stereocenters. The first-order chi connectivity index (χ1) is 16.4. The average Bonchev–Trinajstić information content (AvgIpc) is 3.24. The van der Waals surface area contributed by atoms with Crippen LogP contribution in [0, 0.1) is 11.6 Å². The molecular formula is C21H17F7N6O. The SMILES string of the molecule is O=C(Cc1cccc(C(F)(F)F)c1F)Nc1cnc(-n2cnc([C@@H]3CCC(F)(F)CN3)n2)c(F)c1. The number of nitrogens with one attached hydrogen (secondary N) is 2. The fourth-order valence-corrected chi connectivity index (χ4v) is 3.56. The van der Waals surface area contributed by atoms with Crippen molar-refractivity contribution in [2.75, 3.05) is 11.9 Å². The highest BCUT2D eigenvalue weighted by molar-refractivity contribution is 5.92. The van der Waals surface area contributed by atoms with Crippen LogP contribution in [0.3, 0.4) is 0 Å². The first kappa shape index (κ1) is 24.6. The van der Waals surface area contributed by atoms with E-state index in [4.69, 9.17) is 0 Å². The topological polar surface area (TPSA) is 84.7 Å². The van der Waals surface area contributed by atoms with Gasteiger partial charge in [0.15, 0.2) is 17.5 Å². The maximum atomic E-state index is 14.6. The number of hydrogen-bond donors (Lipinski definition) is 2. The lowest BCUT2D eigenvalue weighted by Crippen LogP contribution is -2.41. The third kappa shape index (κ3) is 5.58. The molecule has 2 N–H and O–H groups in total. The number of alkyl halides is 5. The molecule has 14 heteroatoms. The number of carbonyl (C=O) groups is 1. The summed E-state index contributed by atoms with van der Waals surface area (Å²) in [5.74, 6) is -6.30. The van der Waals surface area contributed by atoms with E-state index in [9.17, 15) is 35.5 Å². The summed E-state index contributed by atoms with van der Waals surface area (Å²) >= 11 is 0. The molecule has 3 aromatic rings. The molecule has 1 aliphatic rings. The van der Waals surface area contributed by atoms with Gasteiger partial charge in [-0.25, -0.2) is 27.5 Å². The Kier molecular flexibility index (Phi) is 6.49. The third-order valence-corrected chi connectivity index (χ3v) is 5.28. The number of rotatable bonds is 5. The van der Waals surface area contributed by atoms with E-state index in [-0.39, 0.29) is 30.2 Å². The molecule has 1 aliphatic heterocycles. The molecule has 1 saturated heterocycles. The van der Waals surface area contributed by atoms with Crippen molar-refractivity contribution < 1.29 is 35.5 Å². The van der Waals surface area contributed by atoms with Crippen molar-refractivity contribution in [2.45, 2.75) is 37.4 Å². The summed E-state index contributed by atoms with van der Waals surface area (Å²) in [6.45, 7) is -0.530. The van der Waals surface area contributed by atoms with Crippen LogP contribution in [0.2, 0.25) is 0 Å². The van der Waals surface area contributed by atoms with Gasteiger partial charge in [-0.05, 0) is 18.1 Å². The van der Waals surface area contributed by atoms with Crippen molar-refractivity contribution in [3.8, 4) is 5.82 Å². The largest absolute Gasteiger partial charge is 0.419 e. The fourth-order valence-electron chi connectivity index (χ4n) is 3.56. The molecule has 1 atom stereocenters.